The van der Waals surface area contributed by atoms with Gasteiger partial charge < -0.3 is 0 Å². The summed E-state index contributed by atoms with van der Waals surface area (Å²) in [7, 11) is 0. The third-order valence-electron chi connectivity index (χ3n) is 3.55. The number of halogens is 1. The quantitative estimate of drug-likeness (QED) is 0.650. The zero-order chi connectivity index (χ0) is 12.5. The lowest BCUT2D eigenvalue weighted by atomic mass is 9.79. The second kappa shape index (κ2) is 4.62. The van der Waals surface area contributed by atoms with E-state index in [0.717, 1.165) is 11.4 Å². The molecule has 2 aromatic carbocycles. The van der Waals surface area contributed by atoms with Crippen LogP contribution < -0.4 is 0 Å². The topological polar surface area (TPSA) is 0 Å². The minimum atomic E-state index is 0.435. The number of benzene rings is 2. The van der Waals surface area contributed by atoms with Crippen molar-refractivity contribution >= 4 is 17.7 Å². The smallest absolute Gasteiger partial charge is 0.0408 e. The molecule has 1 aliphatic rings. The summed E-state index contributed by atoms with van der Waals surface area (Å²) in [5.41, 5.74) is 5.48. The Morgan fingerprint density at radius 3 is 2.72 bits per heavy atom. The highest BCUT2D eigenvalue weighted by molar-refractivity contribution is 6.30. The van der Waals surface area contributed by atoms with Crippen LogP contribution in [0.4, 0.5) is 0 Å². The zero-order valence-electron chi connectivity index (χ0n) is 10.4. The number of hydrogen-bond acceptors (Lipinski definition) is 0. The highest BCUT2D eigenvalue weighted by Gasteiger charge is 2.20. The first-order valence-electron chi connectivity index (χ1n) is 6.25. The molecule has 0 aromatic heterocycles. The van der Waals surface area contributed by atoms with Crippen molar-refractivity contribution in [2.24, 2.45) is 0 Å². The molecule has 90 valence electrons. The zero-order valence-corrected chi connectivity index (χ0v) is 11.1. The van der Waals surface area contributed by atoms with Crippen molar-refractivity contribution in [3.63, 3.8) is 0 Å². The van der Waals surface area contributed by atoms with Crippen LogP contribution >= 0.6 is 11.6 Å². The van der Waals surface area contributed by atoms with E-state index in [1.807, 2.05) is 12.1 Å². The average molecular weight is 255 g/mol. The van der Waals surface area contributed by atoms with Crippen LogP contribution in [0, 0.1) is 0 Å². The van der Waals surface area contributed by atoms with Gasteiger partial charge in [0.1, 0.15) is 0 Å². The third kappa shape index (κ3) is 2.09. The van der Waals surface area contributed by atoms with Gasteiger partial charge in [0, 0.05) is 10.9 Å². The van der Waals surface area contributed by atoms with Crippen LogP contribution in [0.3, 0.4) is 0 Å². The maximum absolute atomic E-state index is 6.11. The molecule has 0 nitrogen and oxygen atoms in total. The summed E-state index contributed by atoms with van der Waals surface area (Å²) in [4.78, 5) is 0. The van der Waals surface area contributed by atoms with Gasteiger partial charge in [-0.3, -0.25) is 0 Å². The van der Waals surface area contributed by atoms with Crippen LogP contribution in [-0.4, -0.2) is 0 Å². The molecule has 3 rings (SSSR count). The van der Waals surface area contributed by atoms with E-state index in [1.54, 1.807) is 0 Å². The van der Waals surface area contributed by atoms with Crippen LogP contribution in [0.2, 0.25) is 5.02 Å². The first kappa shape index (κ1) is 11.6. The van der Waals surface area contributed by atoms with Crippen LogP contribution in [-0.2, 0) is 0 Å². The van der Waals surface area contributed by atoms with Crippen LogP contribution in [0.15, 0.2) is 54.1 Å². The van der Waals surface area contributed by atoms with Crippen molar-refractivity contribution in [1.82, 2.24) is 0 Å². The van der Waals surface area contributed by atoms with Crippen molar-refractivity contribution in [3.05, 3.63) is 75.8 Å². The molecule has 0 spiro atoms. The first-order valence-corrected chi connectivity index (χ1v) is 6.63. The summed E-state index contributed by atoms with van der Waals surface area (Å²) >= 11 is 6.11. The molecule has 18 heavy (non-hydrogen) atoms. The van der Waals surface area contributed by atoms with E-state index in [9.17, 15) is 0 Å². The van der Waals surface area contributed by atoms with Gasteiger partial charge in [-0.05, 0) is 42.2 Å². The minimum Gasteiger partial charge on any atom is -0.0843 e. The molecule has 0 amide bonds. The Kier molecular flexibility index (Phi) is 2.97. The molecule has 1 atom stereocenters. The maximum atomic E-state index is 6.11. The highest BCUT2D eigenvalue weighted by atomic mass is 35.5. The molecule has 0 aliphatic heterocycles. The Morgan fingerprint density at radius 1 is 1.06 bits per heavy atom. The lowest BCUT2D eigenvalue weighted by Gasteiger charge is -2.25. The molecule has 0 saturated heterocycles. The van der Waals surface area contributed by atoms with Crippen LogP contribution in [0.1, 0.15) is 36.0 Å². The van der Waals surface area contributed by atoms with E-state index in [-0.39, 0.29) is 0 Å². The molecule has 0 heterocycles. The Bertz CT molecular complexity index is 611. The van der Waals surface area contributed by atoms with Crippen molar-refractivity contribution in [2.75, 3.05) is 0 Å². The summed E-state index contributed by atoms with van der Waals surface area (Å²) in [6, 6.07) is 16.9. The third-order valence-corrected chi connectivity index (χ3v) is 3.79. The Labute approximate surface area is 113 Å². The van der Waals surface area contributed by atoms with Gasteiger partial charge in [-0.15, -0.1) is 0 Å². The van der Waals surface area contributed by atoms with E-state index < -0.39 is 0 Å². The number of fused-ring (bicyclic) bond motifs is 1. The minimum absolute atomic E-state index is 0.435. The Morgan fingerprint density at radius 2 is 1.89 bits per heavy atom. The molecule has 0 N–H and O–H groups in total. The monoisotopic (exact) mass is 254 g/mol. The Balaban J connectivity index is 2.11. The lowest BCUT2D eigenvalue weighted by Crippen LogP contribution is -2.07. The molecule has 0 bridgehead atoms. The Hall–Kier alpha value is -1.53. The van der Waals surface area contributed by atoms with E-state index >= 15 is 0 Å². The standard InChI is InChI=1S/C17H15Cl/c1-12-9-13-5-2-3-8-16(13)17(10-12)14-6-4-7-15(18)11-14/h2-9,11,17H,10H2,1H3. The maximum Gasteiger partial charge on any atom is 0.0408 e. The van der Waals surface area contributed by atoms with E-state index in [0.29, 0.717) is 5.92 Å². The molecular formula is C17H15Cl. The van der Waals surface area contributed by atoms with Gasteiger partial charge in [-0.25, -0.2) is 0 Å². The second-order valence-corrected chi connectivity index (χ2v) is 5.37. The predicted octanol–water partition coefficient (Wildman–Crippen LogP) is 5.28. The summed E-state index contributed by atoms with van der Waals surface area (Å²) in [6.07, 6.45) is 3.37. The van der Waals surface area contributed by atoms with Gasteiger partial charge >= 0.3 is 0 Å². The second-order valence-electron chi connectivity index (χ2n) is 4.93. The fraction of sp³-hybridized carbons (Fsp3) is 0.176. The highest BCUT2D eigenvalue weighted by Crippen LogP contribution is 2.38. The van der Waals surface area contributed by atoms with Gasteiger partial charge in [-0.2, -0.15) is 0 Å². The van der Waals surface area contributed by atoms with Crippen molar-refractivity contribution in [1.29, 1.82) is 0 Å². The van der Waals surface area contributed by atoms with Gasteiger partial charge in [0.05, 0.1) is 0 Å². The van der Waals surface area contributed by atoms with Crippen LogP contribution in [0.5, 0.6) is 0 Å². The van der Waals surface area contributed by atoms with Crippen LogP contribution in [0.25, 0.3) is 6.08 Å². The predicted molar refractivity (Wildman–Crippen MR) is 78.0 cm³/mol. The van der Waals surface area contributed by atoms with Gasteiger partial charge in [0.2, 0.25) is 0 Å². The molecule has 0 radical (unpaired) electrons. The number of rotatable bonds is 1. The first-order chi connectivity index (χ1) is 8.74. The van der Waals surface area contributed by atoms with E-state index in [2.05, 4.69) is 49.4 Å². The largest absolute Gasteiger partial charge is 0.0843 e. The molecule has 2 aromatic rings. The van der Waals surface area contributed by atoms with Crippen molar-refractivity contribution < 1.29 is 0 Å². The van der Waals surface area contributed by atoms with Gasteiger partial charge in [0.25, 0.3) is 0 Å². The summed E-state index contributed by atoms with van der Waals surface area (Å²) < 4.78 is 0. The SMILES string of the molecule is CC1=Cc2ccccc2C(c2cccc(Cl)c2)C1. The molecular weight excluding hydrogens is 240 g/mol. The average Bonchev–Trinajstić information content (AvgIpc) is 2.37. The molecule has 1 unspecified atom stereocenters. The summed E-state index contributed by atoms with van der Waals surface area (Å²) in [5, 5.41) is 0.817. The fourth-order valence-corrected chi connectivity index (χ4v) is 2.94. The molecule has 1 heteroatoms. The summed E-state index contributed by atoms with van der Waals surface area (Å²) in [5.74, 6) is 0.435. The van der Waals surface area contributed by atoms with Gasteiger partial charge in [0.15, 0.2) is 0 Å². The van der Waals surface area contributed by atoms with Gasteiger partial charge in [-0.1, -0.05) is 59.6 Å². The lowest BCUT2D eigenvalue weighted by molar-refractivity contribution is 0.785. The molecule has 0 saturated carbocycles. The van der Waals surface area contributed by atoms with E-state index in [4.69, 9.17) is 11.6 Å². The summed E-state index contributed by atoms with van der Waals surface area (Å²) in [6.45, 7) is 2.20. The molecule has 0 fully saturated rings. The number of allylic oxidation sites excluding steroid dienone is 1. The van der Waals surface area contributed by atoms with Crippen molar-refractivity contribution in [2.45, 2.75) is 19.3 Å². The number of hydrogen-bond donors (Lipinski definition) is 0. The normalized spacial score (nSPS) is 18.1. The molecule has 1 aliphatic carbocycles. The van der Waals surface area contributed by atoms with E-state index in [1.165, 1.54) is 22.3 Å². The fourth-order valence-electron chi connectivity index (χ4n) is 2.74. The van der Waals surface area contributed by atoms with Crippen molar-refractivity contribution in [3.8, 4) is 0 Å².